The lowest BCUT2D eigenvalue weighted by molar-refractivity contribution is 0.976. The van der Waals surface area contributed by atoms with Crippen LogP contribution in [0.1, 0.15) is 16.8 Å². The highest BCUT2D eigenvalue weighted by Crippen LogP contribution is 2.30. The molecule has 30 heavy (non-hydrogen) atoms. The molecule has 0 bridgehead atoms. The first-order valence-corrected chi connectivity index (χ1v) is 10.00. The van der Waals surface area contributed by atoms with Crippen LogP contribution >= 0.6 is 23.2 Å². The summed E-state index contributed by atoms with van der Waals surface area (Å²) in [5, 5.41) is 20.9. The molecule has 0 aliphatic carbocycles. The molecule has 0 spiro atoms. The van der Waals surface area contributed by atoms with Crippen molar-refractivity contribution in [1.82, 2.24) is 15.2 Å². The number of pyridine rings is 1. The van der Waals surface area contributed by atoms with E-state index in [0.29, 0.717) is 22.2 Å². The lowest BCUT2D eigenvalue weighted by Gasteiger charge is -2.09. The molecule has 0 aliphatic heterocycles. The number of nitrogens with zero attached hydrogens (tertiary/aromatic N) is 3. The number of nitrogens with one attached hydrogen (secondary N) is 2. The van der Waals surface area contributed by atoms with Crippen LogP contribution in [0.3, 0.4) is 0 Å². The van der Waals surface area contributed by atoms with Gasteiger partial charge in [0.2, 0.25) is 0 Å². The molecule has 5 nitrogen and oxygen atoms in total. The molecule has 2 aromatic carbocycles. The van der Waals surface area contributed by atoms with Gasteiger partial charge in [-0.25, -0.2) is 4.98 Å². The van der Waals surface area contributed by atoms with E-state index in [9.17, 15) is 0 Å². The van der Waals surface area contributed by atoms with Gasteiger partial charge in [0.1, 0.15) is 5.82 Å². The second-order valence-electron chi connectivity index (χ2n) is 6.83. The summed E-state index contributed by atoms with van der Waals surface area (Å²) in [4.78, 5) is 4.40. The molecule has 2 heterocycles. The highest BCUT2D eigenvalue weighted by atomic mass is 35.5. The van der Waals surface area contributed by atoms with Crippen molar-refractivity contribution in [2.24, 2.45) is 0 Å². The Bertz CT molecular complexity index is 1260. The first-order valence-electron chi connectivity index (χ1n) is 9.24. The summed E-state index contributed by atoms with van der Waals surface area (Å²) < 4.78 is 0. The number of aryl methyl sites for hydroxylation is 1. The summed E-state index contributed by atoms with van der Waals surface area (Å²) >= 11 is 12.3. The van der Waals surface area contributed by atoms with Crippen molar-refractivity contribution in [3.05, 3.63) is 87.7 Å². The number of aromatic amines is 1. The fraction of sp³-hybridized carbons (Fsp3) is 0.0870. The Balaban J connectivity index is 1.50. The van der Waals surface area contributed by atoms with Crippen molar-refractivity contribution in [1.29, 1.82) is 5.26 Å². The molecule has 2 aromatic heterocycles. The number of hydrogen-bond acceptors (Lipinski definition) is 4. The fourth-order valence-electron chi connectivity index (χ4n) is 3.22. The van der Waals surface area contributed by atoms with Crippen LogP contribution in [0.25, 0.3) is 22.4 Å². The zero-order valence-corrected chi connectivity index (χ0v) is 17.6. The number of hydrogen-bond donors (Lipinski definition) is 2. The standard InChI is InChI=1S/C23H17Cl2N5/c1-14-8-15(12-26)2-4-19(14)16-6-7-27-23(9-16)28-13-18-11-22(30-29-18)20-10-17(24)3-5-21(20)25/h2-11H,13H2,1H3,(H,27,28)(H,29,30). The third-order valence-corrected chi connectivity index (χ3v) is 5.29. The van der Waals surface area contributed by atoms with Crippen molar-refractivity contribution in [3.63, 3.8) is 0 Å². The lowest BCUT2D eigenvalue weighted by Crippen LogP contribution is -2.01. The van der Waals surface area contributed by atoms with Crippen LogP contribution in [0.4, 0.5) is 5.82 Å². The molecule has 0 saturated heterocycles. The molecule has 148 valence electrons. The number of benzene rings is 2. The second-order valence-corrected chi connectivity index (χ2v) is 7.67. The first kappa shape index (κ1) is 20.0. The summed E-state index contributed by atoms with van der Waals surface area (Å²) in [5.41, 5.74) is 6.20. The molecule has 7 heteroatoms. The van der Waals surface area contributed by atoms with Crippen molar-refractivity contribution in [3.8, 4) is 28.5 Å². The number of anilines is 1. The molecule has 0 unspecified atom stereocenters. The molecule has 0 aliphatic rings. The summed E-state index contributed by atoms with van der Waals surface area (Å²) in [6.07, 6.45) is 1.76. The molecule has 4 rings (SSSR count). The molecule has 0 saturated carbocycles. The molecule has 4 aromatic rings. The molecule has 0 atom stereocenters. The van der Waals surface area contributed by atoms with Gasteiger partial charge < -0.3 is 5.32 Å². The van der Waals surface area contributed by atoms with E-state index in [1.807, 2.05) is 43.3 Å². The van der Waals surface area contributed by atoms with Gasteiger partial charge in [0.15, 0.2) is 0 Å². The summed E-state index contributed by atoms with van der Waals surface area (Å²) in [7, 11) is 0. The third kappa shape index (κ3) is 4.30. The van der Waals surface area contributed by atoms with E-state index < -0.39 is 0 Å². The van der Waals surface area contributed by atoms with E-state index in [4.69, 9.17) is 28.5 Å². The average molecular weight is 434 g/mol. The van der Waals surface area contributed by atoms with Crippen LogP contribution in [0.5, 0.6) is 0 Å². The van der Waals surface area contributed by atoms with Crippen molar-refractivity contribution in [2.75, 3.05) is 5.32 Å². The smallest absolute Gasteiger partial charge is 0.126 e. The third-order valence-electron chi connectivity index (χ3n) is 4.72. The van der Waals surface area contributed by atoms with Gasteiger partial charge in [0, 0.05) is 16.8 Å². The SMILES string of the molecule is Cc1cc(C#N)ccc1-c1ccnc(NCc2cc(-c3cc(Cl)ccc3Cl)n[nH]2)c1. The quantitative estimate of drug-likeness (QED) is 0.390. The van der Waals surface area contributed by atoms with Gasteiger partial charge >= 0.3 is 0 Å². The molecule has 0 radical (unpaired) electrons. The minimum Gasteiger partial charge on any atom is -0.364 e. The zero-order chi connectivity index (χ0) is 21.1. The van der Waals surface area contributed by atoms with Crippen LogP contribution in [0.2, 0.25) is 10.0 Å². The Kier molecular flexibility index (Phi) is 5.71. The maximum absolute atomic E-state index is 9.06. The van der Waals surface area contributed by atoms with Crippen molar-refractivity contribution < 1.29 is 0 Å². The number of aromatic nitrogens is 3. The van der Waals surface area contributed by atoms with E-state index in [2.05, 4.69) is 26.6 Å². The normalized spacial score (nSPS) is 10.6. The molecule has 0 fully saturated rings. The number of nitriles is 1. The highest BCUT2D eigenvalue weighted by molar-refractivity contribution is 6.35. The van der Waals surface area contributed by atoms with Crippen molar-refractivity contribution in [2.45, 2.75) is 13.5 Å². The van der Waals surface area contributed by atoms with E-state index in [1.54, 1.807) is 24.4 Å². The van der Waals surface area contributed by atoms with Crippen LogP contribution in [0, 0.1) is 18.3 Å². The molecule has 0 amide bonds. The predicted octanol–water partition coefficient (Wildman–Crippen LogP) is 6.24. The van der Waals surface area contributed by atoms with E-state index >= 15 is 0 Å². The minimum atomic E-state index is 0.522. The number of H-pyrrole nitrogens is 1. The average Bonchev–Trinajstić information content (AvgIpc) is 3.23. The maximum Gasteiger partial charge on any atom is 0.126 e. The summed E-state index contributed by atoms with van der Waals surface area (Å²) in [6.45, 7) is 2.52. The predicted molar refractivity (Wildman–Crippen MR) is 120 cm³/mol. The van der Waals surface area contributed by atoms with Gasteiger partial charge in [-0.3, -0.25) is 5.10 Å². The van der Waals surface area contributed by atoms with Gasteiger partial charge in [-0.05, 0) is 72.1 Å². The zero-order valence-electron chi connectivity index (χ0n) is 16.1. The Hall–Kier alpha value is -3.33. The Morgan fingerprint density at radius 1 is 1.03 bits per heavy atom. The van der Waals surface area contributed by atoms with Gasteiger partial charge in [-0.2, -0.15) is 10.4 Å². The van der Waals surface area contributed by atoms with Crippen molar-refractivity contribution >= 4 is 29.0 Å². The minimum absolute atomic E-state index is 0.522. The monoisotopic (exact) mass is 433 g/mol. The van der Waals surface area contributed by atoms with Crippen LogP contribution in [-0.2, 0) is 6.54 Å². The topological polar surface area (TPSA) is 77.4 Å². The van der Waals surface area contributed by atoms with E-state index in [0.717, 1.165) is 39.5 Å². The fourth-order valence-corrected chi connectivity index (χ4v) is 3.61. The number of rotatable bonds is 5. The summed E-state index contributed by atoms with van der Waals surface area (Å²) in [5.74, 6) is 0.744. The first-order chi connectivity index (χ1) is 14.5. The van der Waals surface area contributed by atoms with E-state index in [1.165, 1.54) is 0 Å². The van der Waals surface area contributed by atoms with Crippen LogP contribution < -0.4 is 5.32 Å². The van der Waals surface area contributed by atoms with Crippen LogP contribution in [0.15, 0.2) is 60.8 Å². The van der Waals surface area contributed by atoms with E-state index in [-0.39, 0.29) is 0 Å². The molecule has 2 N–H and O–H groups in total. The van der Waals surface area contributed by atoms with Crippen LogP contribution in [-0.4, -0.2) is 15.2 Å². The number of halogens is 2. The molecular weight excluding hydrogens is 417 g/mol. The Morgan fingerprint density at radius 3 is 2.70 bits per heavy atom. The van der Waals surface area contributed by atoms with Gasteiger partial charge in [-0.15, -0.1) is 0 Å². The molecular formula is C23H17Cl2N5. The highest BCUT2D eigenvalue weighted by Gasteiger charge is 2.10. The maximum atomic E-state index is 9.06. The largest absolute Gasteiger partial charge is 0.364 e. The Morgan fingerprint density at radius 2 is 1.90 bits per heavy atom. The van der Waals surface area contributed by atoms with Gasteiger partial charge in [0.05, 0.1) is 34.6 Å². The van der Waals surface area contributed by atoms with Gasteiger partial charge in [-0.1, -0.05) is 29.3 Å². The second kappa shape index (κ2) is 8.58. The summed E-state index contributed by atoms with van der Waals surface area (Å²) in [6, 6.07) is 19.0. The lowest BCUT2D eigenvalue weighted by atomic mass is 9.99. The van der Waals surface area contributed by atoms with Gasteiger partial charge in [0.25, 0.3) is 0 Å². The Labute approximate surface area is 184 Å².